The second-order valence-electron chi connectivity index (χ2n) is 4.40. The lowest BCUT2D eigenvalue weighted by atomic mass is 10.3. The van der Waals surface area contributed by atoms with Crippen LogP contribution in [-0.2, 0) is 4.79 Å². The van der Waals surface area contributed by atoms with Crippen molar-refractivity contribution >= 4 is 34.8 Å². The second kappa shape index (κ2) is 6.36. The first-order valence-electron chi connectivity index (χ1n) is 6.07. The number of nitrogens with one attached hydrogen (secondary N) is 1. The highest BCUT2D eigenvalue weighted by Crippen LogP contribution is 2.22. The Hall–Kier alpha value is -1.11. The topological polar surface area (TPSA) is 52.7 Å². The number of halogens is 1. The van der Waals surface area contributed by atoms with Gasteiger partial charge in [-0.15, -0.1) is 11.3 Å². The maximum Gasteiger partial charge on any atom is 0.264 e. The van der Waals surface area contributed by atoms with Crippen LogP contribution in [0, 0.1) is 0 Å². The molecule has 0 aliphatic carbocycles. The summed E-state index contributed by atoms with van der Waals surface area (Å²) in [6, 6.07) is 3.37. The second-order valence-corrected chi connectivity index (χ2v) is 6.11. The lowest BCUT2D eigenvalue weighted by Crippen LogP contribution is -2.49. The summed E-state index contributed by atoms with van der Waals surface area (Å²) in [4.78, 5) is 27.9. The average Bonchev–Trinajstić information content (AvgIpc) is 2.85. The first-order valence-corrected chi connectivity index (χ1v) is 7.26. The van der Waals surface area contributed by atoms with Crippen molar-refractivity contribution in [1.29, 1.82) is 0 Å². The summed E-state index contributed by atoms with van der Waals surface area (Å²) in [5.41, 5.74) is 0. The molecule has 2 heterocycles. The van der Waals surface area contributed by atoms with Crippen LogP contribution in [-0.4, -0.2) is 61.4 Å². The van der Waals surface area contributed by atoms with Crippen molar-refractivity contribution in [2.24, 2.45) is 0 Å². The summed E-state index contributed by atoms with van der Waals surface area (Å²) in [7, 11) is 1.63. The smallest absolute Gasteiger partial charge is 0.264 e. The largest absolute Gasteiger partial charge is 0.339 e. The molecule has 1 N–H and O–H groups in total. The highest BCUT2D eigenvalue weighted by atomic mass is 35.5. The third-order valence-electron chi connectivity index (χ3n) is 2.97. The van der Waals surface area contributed by atoms with Gasteiger partial charge in [0, 0.05) is 33.2 Å². The molecular weight excluding hydrogens is 286 g/mol. The van der Waals surface area contributed by atoms with Crippen LogP contribution in [0.5, 0.6) is 0 Å². The van der Waals surface area contributed by atoms with E-state index >= 15 is 0 Å². The molecule has 1 aliphatic heterocycles. The molecule has 1 fully saturated rings. The number of thiophene rings is 1. The Morgan fingerprint density at radius 3 is 2.68 bits per heavy atom. The minimum atomic E-state index is -0.166. The first kappa shape index (κ1) is 14.3. The van der Waals surface area contributed by atoms with Crippen LogP contribution in [0.2, 0.25) is 4.34 Å². The van der Waals surface area contributed by atoms with E-state index in [1.54, 1.807) is 24.1 Å². The number of carbonyl (C=O) groups excluding carboxylic acids is 2. The van der Waals surface area contributed by atoms with Gasteiger partial charge in [-0.3, -0.25) is 9.59 Å². The standard InChI is InChI=1S/C12H16ClN3O2S/c1-15(12(18)9-2-3-10(13)19-9)8-11(17)16-6-4-14-5-7-16/h2-3,14H,4-8H2,1H3. The summed E-state index contributed by atoms with van der Waals surface area (Å²) in [5.74, 6) is -0.180. The lowest BCUT2D eigenvalue weighted by molar-refractivity contribution is -0.132. The Kier molecular flexibility index (Phi) is 4.79. The fourth-order valence-corrected chi connectivity index (χ4v) is 2.94. The molecule has 1 saturated heterocycles. The molecule has 1 aliphatic rings. The molecular formula is C12H16ClN3O2S. The van der Waals surface area contributed by atoms with Gasteiger partial charge in [-0.1, -0.05) is 11.6 Å². The van der Waals surface area contributed by atoms with Gasteiger partial charge >= 0.3 is 0 Å². The Morgan fingerprint density at radius 2 is 2.11 bits per heavy atom. The molecule has 0 spiro atoms. The van der Waals surface area contributed by atoms with Gasteiger partial charge in [0.25, 0.3) is 5.91 Å². The summed E-state index contributed by atoms with van der Waals surface area (Å²) >= 11 is 7.03. The van der Waals surface area contributed by atoms with E-state index in [-0.39, 0.29) is 18.4 Å². The number of amides is 2. The molecule has 0 atom stereocenters. The zero-order valence-corrected chi connectivity index (χ0v) is 12.3. The third kappa shape index (κ3) is 3.68. The van der Waals surface area contributed by atoms with Crippen molar-refractivity contribution in [1.82, 2.24) is 15.1 Å². The van der Waals surface area contributed by atoms with Crippen LogP contribution in [0.4, 0.5) is 0 Å². The van der Waals surface area contributed by atoms with Crippen molar-refractivity contribution < 1.29 is 9.59 Å². The van der Waals surface area contributed by atoms with Crippen molar-refractivity contribution in [2.45, 2.75) is 0 Å². The summed E-state index contributed by atoms with van der Waals surface area (Å²) in [6.07, 6.45) is 0. The number of likely N-dealkylation sites (N-methyl/N-ethyl adjacent to an activating group) is 1. The fraction of sp³-hybridized carbons (Fsp3) is 0.500. The van der Waals surface area contributed by atoms with E-state index in [1.807, 2.05) is 0 Å². The van der Waals surface area contributed by atoms with Crippen LogP contribution in [0.3, 0.4) is 0 Å². The SMILES string of the molecule is CN(CC(=O)N1CCNCC1)C(=O)c1ccc(Cl)s1. The van der Waals surface area contributed by atoms with Crippen LogP contribution >= 0.6 is 22.9 Å². The van der Waals surface area contributed by atoms with Crippen LogP contribution in [0.25, 0.3) is 0 Å². The lowest BCUT2D eigenvalue weighted by Gasteiger charge is -2.29. The van der Waals surface area contributed by atoms with E-state index < -0.39 is 0 Å². The van der Waals surface area contributed by atoms with E-state index in [2.05, 4.69) is 5.32 Å². The number of carbonyl (C=O) groups is 2. The quantitative estimate of drug-likeness (QED) is 0.903. The van der Waals surface area contributed by atoms with Gasteiger partial charge in [-0.05, 0) is 12.1 Å². The van der Waals surface area contributed by atoms with E-state index in [4.69, 9.17) is 11.6 Å². The summed E-state index contributed by atoms with van der Waals surface area (Å²) in [5, 5.41) is 3.19. The van der Waals surface area contributed by atoms with Gasteiger partial charge in [-0.2, -0.15) is 0 Å². The molecule has 2 amide bonds. The zero-order valence-electron chi connectivity index (χ0n) is 10.7. The molecule has 7 heteroatoms. The van der Waals surface area contributed by atoms with Crippen LogP contribution in [0.15, 0.2) is 12.1 Å². The molecule has 0 radical (unpaired) electrons. The number of piperazine rings is 1. The van der Waals surface area contributed by atoms with Gasteiger partial charge in [0.1, 0.15) is 0 Å². The molecule has 0 saturated carbocycles. The fourth-order valence-electron chi connectivity index (χ4n) is 1.91. The minimum absolute atomic E-state index is 0.0139. The predicted octanol–water partition coefficient (Wildman–Crippen LogP) is 0.905. The normalized spacial score (nSPS) is 15.4. The minimum Gasteiger partial charge on any atom is -0.339 e. The van der Waals surface area contributed by atoms with E-state index in [1.165, 1.54) is 16.2 Å². The molecule has 19 heavy (non-hydrogen) atoms. The zero-order chi connectivity index (χ0) is 13.8. The third-order valence-corrected chi connectivity index (χ3v) is 4.19. The van der Waals surface area contributed by atoms with E-state index in [0.29, 0.717) is 22.3 Å². The average molecular weight is 302 g/mol. The van der Waals surface area contributed by atoms with Crippen molar-refractivity contribution in [3.63, 3.8) is 0 Å². The molecule has 104 valence electrons. The molecule has 2 rings (SSSR count). The van der Waals surface area contributed by atoms with Crippen LogP contribution in [0.1, 0.15) is 9.67 Å². The Morgan fingerprint density at radius 1 is 1.42 bits per heavy atom. The Bertz CT molecular complexity index is 471. The molecule has 0 aromatic carbocycles. The molecule has 5 nitrogen and oxygen atoms in total. The van der Waals surface area contributed by atoms with Gasteiger partial charge in [-0.25, -0.2) is 0 Å². The van der Waals surface area contributed by atoms with E-state index in [9.17, 15) is 9.59 Å². The highest BCUT2D eigenvalue weighted by molar-refractivity contribution is 7.17. The monoisotopic (exact) mass is 301 g/mol. The Labute approximate surface area is 121 Å². The molecule has 1 aromatic heterocycles. The van der Waals surface area contributed by atoms with Gasteiger partial charge < -0.3 is 15.1 Å². The van der Waals surface area contributed by atoms with Crippen molar-refractivity contribution in [2.75, 3.05) is 39.8 Å². The molecule has 1 aromatic rings. The Balaban J connectivity index is 1.91. The van der Waals surface area contributed by atoms with Gasteiger partial charge in [0.15, 0.2) is 0 Å². The number of nitrogens with zero attached hydrogens (tertiary/aromatic N) is 2. The number of hydrogen-bond donors (Lipinski definition) is 1. The molecule has 0 bridgehead atoms. The molecule has 0 unspecified atom stereocenters. The van der Waals surface area contributed by atoms with Crippen molar-refractivity contribution in [3.8, 4) is 0 Å². The van der Waals surface area contributed by atoms with Gasteiger partial charge in [0.2, 0.25) is 5.91 Å². The first-order chi connectivity index (χ1) is 9.08. The van der Waals surface area contributed by atoms with E-state index in [0.717, 1.165) is 13.1 Å². The predicted molar refractivity (Wildman–Crippen MR) is 75.7 cm³/mol. The highest BCUT2D eigenvalue weighted by Gasteiger charge is 2.21. The van der Waals surface area contributed by atoms with Crippen LogP contribution < -0.4 is 5.32 Å². The summed E-state index contributed by atoms with van der Waals surface area (Å²) in [6.45, 7) is 3.12. The maximum absolute atomic E-state index is 12.1. The van der Waals surface area contributed by atoms with Crippen molar-refractivity contribution in [3.05, 3.63) is 21.3 Å². The number of rotatable bonds is 3. The maximum atomic E-state index is 12.1. The number of hydrogen-bond acceptors (Lipinski definition) is 4. The summed E-state index contributed by atoms with van der Waals surface area (Å²) < 4.78 is 0.574. The van der Waals surface area contributed by atoms with Gasteiger partial charge in [0.05, 0.1) is 15.8 Å².